The van der Waals surface area contributed by atoms with Crippen LogP contribution in [0.3, 0.4) is 0 Å². The van der Waals surface area contributed by atoms with E-state index in [-0.39, 0.29) is 17.3 Å². The number of aromatic nitrogens is 2. The van der Waals surface area contributed by atoms with Crippen LogP contribution in [0.25, 0.3) is 0 Å². The Hall–Kier alpha value is -3.59. The Bertz CT molecular complexity index is 886. The van der Waals surface area contributed by atoms with Gasteiger partial charge in [-0.1, -0.05) is 0 Å². The van der Waals surface area contributed by atoms with Crippen LogP contribution in [0.15, 0.2) is 53.6 Å². The van der Waals surface area contributed by atoms with Gasteiger partial charge in [-0.2, -0.15) is 0 Å². The third kappa shape index (κ3) is 3.73. The summed E-state index contributed by atoms with van der Waals surface area (Å²) in [4.78, 5) is 30.3. The highest BCUT2D eigenvalue weighted by molar-refractivity contribution is 6.04. The van der Waals surface area contributed by atoms with Crippen molar-refractivity contribution in [3.05, 3.63) is 66.1 Å². The number of furan rings is 1. The van der Waals surface area contributed by atoms with Crippen LogP contribution in [0.2, 0.25) is 0 Å². The highest BCUT2D eigenvalue weighted by Crippen LogP contribution is 2.20. The Labute approximate surface area is 148 Å². The number of hydrogen-bond acceptors (Lipinski definition) is 6. The summed E-state index contributed by atoms with van der Waals surface area (Å²) in [5, 5.41) is 18.3. The molecule has 9 heteroatoms. The molecule has 3 aromatic rings. The van der Waals surface area contributed by atoms with Crippen molar-refractivity contribution in [2.24, 2.45) is 0 Å². The lowest BCUT2D eigenvalue weighted by Crippen LogP contribution is -2.22. The summed E-state index contributed by atoms with van der Waals surface area (Å²) in [7, 11) is 1.48. The zero-order valence-corrected chi connectivity index (χ0v) is 13.8. The van der Waals surface area contributed by atoms with E-state index in [0.29, 0.717) is 16.9 Å². The maximum Gasteiger partial charge on any atom is 0.271 e. The van der Waals surface area contributed by atoms with E-state index in [1.807, 2.05) is 0 Å². The molecule has 0 bridgehead atoms. The molecular formula is C17H17N5O4. The van der Waals surface area contributed by atoms with Gasteiger partial charge in [0.25, 0.3) is 11.8 Å². The average Bonchev–Trinajstić information content (AvgIpc) is 3.34. The zero-order valence-electron chi connectivity index (χ0n) is 13.8. The summed E-state index contributed by atoms with van der Waals surface area (Å²) in [5.74, 6) is -0.688. The number of amides is 2. The topological polar surface area (TPSA) is 132 Å². The molecule has 2 aromatic heterocycles. The van der Waals surface area contributed by atoms with E-state index in [9.17, 15) is 14.7 Å². The molecule has 1 unspecified atom stereocenters. The Morgan fingerprint density at radius 3 is 2.54 bits per heavy atom. The lowest BCUT2D eigenvalue weighted by Gasteiger charge is -2.14. The number of nitrogens with one attached hydrogen (secondary N) is 4. The normalized spacial score (nSPS) is 11.6. The van der Waals surface area contributed by atoms with Crippen molar-refractivity contribution >= 4 is 23.2 Å². The number of imidazole rings is 1. The zero-order chi connectivity index (χ0) is 18.5. The van der Waals surface area contributed by atoms with Crippen molar-refractivity contribution < 1.29 is 19.1 Å². The molecule has 0 aliphatic heterocycles. The van der Waals surface area contributed by atoms with Crippen LogP contribution < -0.4 is 16.0 Å². The number of benzene rings is 1. The van der Waals surface area contributed by atoms with Gasteiger partial charge < -0.3 is 30.5 Å². The molecule has 26 heavy (non-hydrogen) atoms. The molecule has 2 heterocycles. The third-order valence-corrected chi connectivity index (χ3v) is 3.61. The van der Waals surface area contributed by atoms with Crippen LogP contribution in [-0.2, 0) is 0 Å². The van der Waals surface area contributed by atoms with Gasteiger partial charge in [0.05, 0.1) is 23.8 Å². The fourth-order valence-corrected chi connectivity index (χ4v) is 2.29. The molecule has 0 saturated carbocycles. The molecule has 1 aromatic carbocycles. The van der Waals surface area contributed by atoms with Gasteiger partial charge in [-0.3, -0.25) is 9.59 Å². The number of hydrogen-bond donors (Lipinski definition) is 5. The number of anilines is 2. The number of rotatable bonds is 6. The smallest absolute Gasteiger partial charge is 0.271 e. The second-order valence-corrected chi connectivity index (χ2v) is 5.33. The van der Waals surface area contributed by atoms with Crippen LogP contribution in [0.5, 0.6) is 0 Å². The number of carbonyl (C=O) groups is 2. The number of H-pyrrole nitrogens is 1. The van der Waals surface area contributed by atoms with Crippen molar-refractivity contribution in [1.82, 2.24) is 15.3 Å². The Morgan fingerprint density at radius 1 is 1.15 bits per heavy atom. The lowest BCUT2D eigenvalue weighted by molar-refractivity contribution is 0.0951. The summed E-state index contributed by atoms with van der Waals surface area (Å²) in [5.41, 5.74) is 1.96. The van der Waals surface area contributed by atoms with E-state index in [1.54, 1.807) is 30.3 Å². The molecular weight excluding hydrogens is 338 g/mol. The molecule has 0 radical (unpaired) electrons. The highest BCUT2D eigenvalue weighted by Gasteiger charge is 2.19. The van der Waals surface area contributed by atoms with Gasteiger partial charge in [0.15, 0.2) is 11.9 Å². The van der Waals surface area contributed by atoms with Gasteiger partial charge in [0.2, 0.25) is 0 Å². The van der Waals surface area contributed by atoms with Gasteiger partial charge in [-0.15, -0.1) is 0 Å². The predicted molar refractivity (Wildman–Crippen MR) is 93.7 cm³/mol. The highest BCUT2D eigenvalue weighted by atomic mass is 16.3. The van der Waals surface area contributed by atoms with E-state index in [0.717, 1.165) is 0 Å². The molecule has 0 spiro atoms. The first-order valence-electron chi connectivity index (χ1n) is 7.72. The van der Waals surface area contributed by atoms with Gasteiger partial charge in [0, 0.05) is 18.4 Å². The summed E-state index contributed by atoms with van der Waals surface area (Å²) >= 11 is 0. The Morgan fingerprint density at radius 2 is 1.88 bits per heavy atom. The third-order valence-electron chi connectivity index (χ3n) is 3.61. The molecule has 134 valence electrons. The maximum absolute atomic E-state index is 11.9. The molecule has 5 N–H and O–H groups in total. The molecule has 0 saturated heterocycles. The average molecular weight is 355 g/mol. The first kappa shape index (κ1) is 17.2. The van der Waals surface area contributed by atoms with Gasteiger partial charge in [-0.05, 0) is 30.3 Å². The fraction of sp³-hybridized carbons (Fsp3) is 0.118. The predicted octanol–water partition coefficient (Wildman–Crippen LogP) is 1.72. The van der Waals surface area contributed by atoms with Crippen molar-refractivity contribution in [1.29, 1.82) is 0 Å². The number of aromatic amines is 1. The number of nitrogens with zero attached hydrogens (tertiary/aromatic N) is 1. The molecule has 9 nitrogen and oxygen atoms in total. The second-order valence-electron chi connectivity index (χ2n) is 5.33. The van der Waals surface area contributed by atoms with Gasteiger partial charge in [-0.25, -0.2) is 4.98 Å². The Kier molecular flexibility index (Phi) is 4.99. The van der Waals surface area contributed by atoms with Crippen LogP contribution in [-0.4, -0.2) is 33.9 Å². The van der Waals surface area contributed by atoms with Crippen molar-refractivity contribution in [2.75, 3.05) is 17.7 Å². The first-order chi connectivity index (χ1) is 12.6. The van der Waals surface area contributed by atoms with E-state index in [4.69, 9.17) is 4.42 Å². The molecule has 2 amide bonds. The van der Waals surface area contributed by atoms with E-state index in [2.05, 4.69) is 25.9 Å². The second kappa shape index (κ2) is 7.53. The standard InChI is InChI=1S/C17H17N5O4/c1-18-16(24)13-14(20-9-19-13)17(25)22-12-4-2-11(3-5-12)21-15(23)10-6-7-26-8-10/h2-9,17,22,25H,1H3,(H,18,24)(H,19,20)(H,21,23). The van der Waals surface area contributed by atoms with Crippen molar-refractivity contribution in [3.8, 4) is 0 Å². The first-order valence-corrected chi connectivity index (χ1v) is 7.72. The van der Waals surface area contributed by atoms with Crippen LogP contribution in [0, 0.1) is 0 Å². The summed E-state index contributed by atoms with van der Waals surface area (Å²) < 4.78 is 4.87. The number of aliphatic hydroxyl groups is 1. The minimum Gasteiger partial charge on any atom is -0.472 e. The molecule has 3 rings (SSSR count). The van der Waals surface area contributed by atoms with E-state index < -0.39 is 12.1 Å². The number of carbonyl (C=O) groups excluding carboxylic acids is 2. The molecule has 0 aliphatic rings. The number of aliphatic hydroxyl groups excluding tert-OH is 1. The summed E-state index contributed by atoms with van der Waals surface area (Å²) in [6.45, 7) is 0. The monoisotopic (exact) mass is 355 g/mol. The minimum atomic E-state index is -1.16. The van der Waals surface area contributed by atoms with Gasteiger partial charge in [0.1, 0.15) is 6.26 Å². The summed E-state index contributed by atoms with van der Waals surface area (Å²) in [6, 6.07) is 8.30. The van der Waals surface area contributed by atoms with Crippen molar-refractivity contribution in [3.63, 3.8) is 0 Å². The van der Waals surface area contributed by atoms with Crippen LogP contribution in [0.1, 0.15) is 32.8 Å². The fourth-order valence-electron chi connectivity index (χ4n) is 2.29. The van der Waals surface area contributed by atoms with E-state index in [1.165, 1.54) is 25.9 Å². The van der Waals surface area contributed by atoms with Crippen LogP contribution in [0.4, 0.5) is 11.4 Å². The molecule has 1 atom stereocenters. The largest absolute Gasteiger partial charge is 0.472 e. The quantitative estimate of drug-likeness (QED) is 0.428. The lowest BCUT2D eigenvalue weighted by atomic mass is 10.2. The Balaban J connectivity index is 1.65. The summed E-state index contributed by atoms with van der Waals surface area (Å²) in [6.07, 6.45) is 2.96. The maximum atomic E-state index is 11.9. The van der Waals surface area contributed by atoms with E-state index >= 15 is 0 Å². The SMILES string of the molecule is CNC(=O)c1nc[nH]c1C(O)Nc1ccc(NC(=O)c2ccoc2)cc1. The molecule has 0 aliphatic carbocycles. The van der Waals surface area contributed by atoms with Crippen LogP contribution >= 0.6 is 0 Å². The minimum absolute atomic E-state index is 0.108. The van der Waals surface area contributed by atoms with Crippen molar-refractivity contribution in [2.45, 2.75) is 6.23 Å². The van der Waals surface area contributed by atoms with Gasteiger partial charge >= 0.3 is 0 Å². The molecule has 0 fully saturated rings.